The zero-order valence-electron chi connectivity index (χ0n) is 16.1. The largest absolute Gasteiger partial charge is 0.497 e. The molecule has 0 fully saturated rings. The minimum absolute atomic E-state index is 0.435. The van der Waals surface area contributed by atoms with E-state index in [-0.39, 0.29) is 0 Å². The Morgan fingerprint density at radius 3 is 2.39 bits per heavy atom. The third kappa shape index (κ3) is 5.57. The van der Waals surface area contributed by atoms with Crippen LogP contribution in [-0.2, 0) is 13.2 Å². The molecule has 0 spiro atoms. The van der Waals surface area contributed by atoms with Crippen molar-refractivity contribution in [1.82, 2.24) is 0 Å². The van der Waals surface area contributed by atoms with Crippen LogP contribution in [0.3, 0.4) is 0 Å². The third-order valence-electron chi connectivity index (χ3n) is 4.18. The van der Waals surface area contributed by atoms with E-state index in [0.29, 0.717) is 24.8 Å². The monoisotopic (exact) mass is 397 g/mol. The van der Waals surface area contributed by atoms with Crippen LogP contribution in [0.4, 0.5) is 5.69 Å². The molecular weight excluding hydrogens is 374 g/mol. The number of hydrogen-bond donors (Lipinski definition) is 1. The maximum absolute atomic E-state index is 6.04. The van der Waals surface area contributed by atoms with E-state index >= 15 is 0 Å². The van der Waals surface area contributed by atoms with Gasteiger partial charge in [0.25, 0.3) is 0 Å². The summed E-state index contributed by atoms with van der Waals surface area (Å²) in [5.74, 6) is 2.29. The summed E-state index contributed by atoms with van der Waals surface area (Å²) in [6.45, 7) is 3.65. The Hall–Kier alpha value is -2.85. The molecule has 0 aliphatic heterocycles. The number of methoxy groups -OCH3 is 1. The molecule has 3 aromatic rings. The zero-order valence-corrected chi connectivity index (χ0v) is 16.8. The van der Waals surface area contributed by atoms with Gasteiger partial charge in [-0.25, -0.2) is 0 Å². The molecule has 0 aliphatic rings. The van der Waals surface area contributed by atoms with E-state index < -0.39 is 0 Å². The molecule has 0 aliphatic carbocycles. The highest BCUT2D eigenvalue weighted by atomic mass is 35.5. The van der Waals surface area contributed by atoms with Crippen molar-refractivity contribution in [2.24, 2.45) is 0 Å². The van der Waals surface area contributed by atoms with Crippen LogP contribution in [0.25, 0.3) is 0 Å². The molecule has 0 aromatic heterocycles. The van der Waals surface area contributed by atoms with E-state index in [1.807, 2.05) is 73.7 Å². The molecule has 28 heavy (non-hydrogen) atoms. The SMILES string of the molecule is CCOc1cc(CNc2ccc(OC)cc2)ccc1OCc1cccc(Cl)c1. The molecule has 0 bridgehead atoms. The highest BCUT2D eigenvalue weighted by molar-refractivity contribution is 6.30. The first-order valence-electron chi connectivity index (χ1n) is 9.19. The minimum atomic E-state index is 0.435. The molecule has 0 saturated carbocycles. The minimum Gasteiger partial charge on any atom is -0.497 e. The Kier molecular flexibility index (Phi) is 7.04. The molecule has 146 valence electrons. The van der Waals surface area contributed by atoms with E-state index in [1.165, 1.54) is 0 Å². The number of anilines is 1. The Morgan fingerprint density at radius 1 is 0.857 bits per heavy atom. The van der Waals surface area contributed by atoms with Gasteiger partial charge in [-0.3, -0.25) is 0 Å². The molecule has 4 nitrogen and oxygen atoms in total. The lowest BCUT2D eigenvalue weighted by atomic mass is 10.2. The topological polar surface area (TPSA) is 39.7 Å². The van der Waals surface area contributed by atoms with Gasteiger partial charge in [-0.1, -0.05) is 29.8 Å². The second kappa shape index (κ2) is 9.90. The van der Waals surface area contributed by atoms with Crippen LogP contribution in [-0.4, -0.2) is 13.7 Å². The van der Waals surface area contributed by atoms with Gasteiger partial charge in [0.2, 0.25) is 0 Å². The summed E-state index contributed by atoms with van der Waals surface area (Å²) < 4.78 is 16.9. The number of benzene rings is 3. The fourth-order valence-electron chi connectivity index (χ4n) is 2.75. The second-order valence-corrected chi connectivity index (χ2v) is 6.65. The maximum atomic E-state index is 6.04. The lowest BCUT2D eigenvalue weighted by Gasteiger charge is -2.14. The summed E-state index contributed by atoms with van der Waals surface area (Å²) in [5, 5.41) is 4.10. The van der Waals surface area contributed by atoms with E-state index in [1.54, 1.807) is 7.11 Å². The fraction of sp³-hybridized carbons (Fsp3) is 0.217. The molecule has 0 atom stereocenters. The Morgan fingerprint density at radius 2 is 1.68 bits per heavy atom. The van der Waals surface area contributed by atoms with Crippen LogP contribution >= 0.6 is 11.6 Å². The van der Waals surface area contributed by atoms with Gasteiger partial charge >= 0.3 is 0 Å². The van der Waals surface area contributed by atoms with Crippen molar-refractivity contribution >= 4 is 17.3 Å². The van der Waals surface area contributed by atoms with Gasteiger partial charge < -0.3 is 19.5 Å². The van der Waals surface area contributed by atoms with Gasteiger partial charge in [-0.05, 0) is 66.6 Å². The van der Waals surface area contributed by atoms with Gasteiger partial charge in [0.05, 0.1) is 13.7 Å². The summed E-state index contributed by atoms with van der Waals surface area (Å²) in [7, 11) is 1.66. The van der Waals surface area contributed by atoms with Gasteiger partial charge in [-0.15, -0.1) is 0 Å². The molecule has 0 unspecified atom stereocenters. The number of ether oxygens (including phenoxy) is 3. The van der Waals surface area contributed by atoms with Crippen molar-refractivity contribution in [3.05, 3.63) is 82.9 Å². The number of nitrogens with one attached hydrogen (secondary N) is 1. The molecule has 0 amide bonds. The Bertz CT molecular complexity index is 897. The van der Waals surface area contributed by atoms with Gasteiger partial charge in [-0.2, -0.15) is 0 Å². The molecule has 0 radical (unpaired) electrons. The van der Waals surface area contributed by atoms with Crippen molar-refractivity contribution < 1.29 is 14.2 Å². The van der Waals surface area contributed by atoms with Crippen LogP contribution in [0.1, 0.15) is 18.1 Å². The van der Waals surface area contributed by atoms with Crippen molar-refractivity contribution in [1.29, 1.82) is 0 Å². The summed E-state index contributed by atoms with van der Waals surface area (Å²) in [4.78, 5) is 0. The number of rotatable bonds is 9. The first kappa shape index (κ1) is 19.9. The predicted molar refractivity (Wildman–Crippen MR) is 114 cm³/mol. The van der Waals surface area contributed by atoms with E-state index in [9.17, 15) is 0 Å². The molecule has 1 N–H and O–H groups in total. The number of hydrogen-bond acceptors (Lipinski definition) is 4. The summed E-state index contributed by atoms with van der Waals surface area (Å²) in [6, 6.07) is 21.5. The van der Waals surface area contributed by atoms with Crippen molar-refractivity contribution in [3.63, 3.8) is 0 Å². The standard InChI is InChI=1S/C23H24ClNO3/c1-3-27-23-14-17(15-25-20-8-10-21(26-2)11-9-20)7-12-22(23)28-16-18-5-4-6-19(24)13-18/h4-14,25H,3,15-16H2,1-2H3. The zero-order chi connectivity index (χ0) is 19.8. The van der Waals surface area contributed by atoms with E-state index in [0.717, 1.165) is 34.1 Å². The highest BCUT2D eigenvalue weighted by Crippen LogP contribution is 2.30. The normalized spacial score (nSPS) is 10.4. The van der Waals surface area contributed by atoms with Crippen LogP contribution in [0.5, 0.6) is 17.2 Å². The highest BCUT2D eigenvalue weighted by Gasteiger charge is 2.08. The van der Waals surface area contributed by atoms with Crippen molar-refractivity contribution in [3.8, 4) is 17.2 Å². The van der Waals surface area contributed by atoms with Gasteiger partial charge in [0, 0.05) is 17.3 Å². The van der Waals surface area contributed by atoms with E-state index in [4.69, 9.17) is 25.8 Å². The van der Waals surface area contributed by atoms with Crippen LogP contribution < -0.4 is 19.5 Å². The summed E-state index contributed by atoms with van der Waals surface area (Å²) in [6.07, 6.45) is 0. The van der Waals surface area contributed by atoms with Crippen LogP contribution in [0, 0.1) is 0 Å². The van der Waals surface area contributed by atoms with Gasteiger partial charge in [0.1, 0.15) is 12.4 Å². The Labute approximate surface area is 171 Å². The predicted octanol–water partition coefficient (Wildman–Crippen LogP) is 5.94. The molecule has 3 aromatic carbocycles. The van der Waals surface area contributed by atoms with Gasteiger partial charge in [0.15, 0.2) is 11.5 Å². The first-order chi connectivity index (χ1) is 13.7. The average Bonchev–Trinajstić information content (AvgIpc) is 2.72. The molecule has 3 rings (SSSR count). The lowest BCUT2D eigenvalue weighted by molar-refractivity contribution is 0.269. The molecular formula is C23H24ClNO3. The fourth-order valence-corrected chi connectivity index (χ4v) is 2.96. The van der Waals surface area contributed by atoms with E-state index in [2.05, 4.69) is 5.32 Å². The third-order valence-corrected chi connectivity index (χ3v) is 4.41. The van der Waals surface area contributed by atoms with Crippen molar-refractivity contribution in [2.45, 2.75) is 20.1 Å². The smallest absolute Gasteiger partial charge is 0.161 e. The quantitative estimate of drug-likeness (QED) is 0.485. The number of halogens is 1. The molecule has 5 heteroatoms. The maximum Gasteiger partial charge on any atom is 0.161 e. The van der Waals surface area contributed by atoms with Crippen LogP contribution in [0.15, 0.2) is 66.7 Å². The second-order valence-electron chi connectivity index (χ2n) is 6.21. The lowest BCUT2D eigenvalue weighted by Crippen LogP contribution is -2.03. The molecule has 0 heterocycles. The Balaban J connectivity index is 1.65. The summed E-state index contributed by atoms with van der Waals surface area (Å²) >= 11 is 6.04. The summed E-state index contributed by atoms with van der Waals surface area (Å²) in [5.41, 5.74) is 3.15. The molecule has 0 saturated heterocycles. The average molecular weight is 398 g/mol. The van der Waals surface area contributed by atoms with Crippen molar-refractivity contribution in [2.75, 3.05) is 19.0 Å². The first-order valence-corrected chi connectivity index (χ1v) is 9.56. The van der Waals surface area contributed by atoms with Crippen LogP contribution in [0.2, 0.25) is 5.02 Å².